The lowest BCUT2D eigenvalue weighted by Crippen LogP contribution is -2.12. The second-order valence-electron chi connectivity index (χ2n) is 5.77. The average Bonchev–Trinajstić information content (AvgIpc) is 3.24. The molecular formula is C21H16N4O. The van der Waals surface area contributed by atoms with Crippen LogP contribution in [-0.4, -0.2) is 20.4 Å². The van der Waals surface area contributed by atoms with Gasteiger partial charge >= 0.3 is 0 Å². The number of carbonyl (C=O) groups is 1. The molecule has 0 aliphatic carbocycles. The van der Waals surface area contributed by atoms with Crippen LogP contribution < -0.4 is 5.32 Å². The quantitative estimate of drug-likeness (QED) is 0.606. The van der Waals surface area contributed by atoms with Gasteiger partial charge in [-0.2, -0.15) is 0 Å². The maximum Gasteiger partial charge on any atom is 0.255 e. The molecule has 0 radical (unpaired) electrons. The molecule has 0 fully saturated rings. The first-order chi connectivity index (χ1) is 12.8. The van der Waals surface area contributed by atoms with Gasteiger partial charge in [0, 0.05) is 18.0 Å². The van der Waals surface area contributed by atoms with E-state index in [1.54, 1.807) is 23.3 Å². The molecule has 1 N–H and O–H groups in total. The zero-order chi connectivity index (χ0) is 17.8. The van der Waals surface area contributed by atoms with Gasteiger partial charge in [0.1, 0.15) is 12.1 Å². The lowest BCUT2D eigenvalue weighted by molar-refractivity contribution is 0.102. The van der Waals surface area contributed by atoms with Crippen LogP contribution in [0.3, 0.4) is 0 Å². The highest BCUT2D eigenvalue weighted by atomic mass is 16.1. The van der Waals surface area contributed by atoms with E-state index in [1.807, 2.05) is 72.9 Å². The maximum absolute atomic E-state index is 12.4. The summed E-state index contributed by atoms with van der Waals surface area (Å²) in [6, 6.07) is 21.3. The highest BCUT2D eigenvalue weighted by Gasteiger charge is 2.07. The summed E-state index contributed by atoms with van der Waals surface area (Å²) in [6.07, 6.45) is 6.81. The van der Waals surface area contributed by atoms with Gasteiger partial charge in [-0.3, -0.25) is 9.36 Å². The van der Waals surface area contributed by atoms with E-state index in [4.69, 9.17) is 0 Å². The molecule has 5 nitrogen and oxygen atoms in total. The Kier molecular flexibility index (Phi) is 4.26. The second-order valence-corrected chi connectivity index (χ2v) is 5.77. The number of benzene rings is 2. The maximum atomic E-state index is 12.4. The number of rotatable bonds is 4. The van der Waals surface area contributed by atoms with E-state index >= 15 is 0 Å². The minimum atomic E-state index is -0.165. The van der Waals surface area contributed by atoms with E-state index in [2.05, 4.69) is 15.3 Å². The fourth-order valence-electron chi connectivity index (χ4n) is 2.66. The number of carbonyl (C=O) groups excluding carboxylic acids is 1. The molecule has 4 aromatic rings. The molecule has 0 aliphatic rings. The Morgan fingerprint density at radius 3 is 2.31 bits per heavy atom. The molecule has 126 valence electrons. The number of nitrogens with one attached hydrogen (secondary N) is 1. The van der Waals surface area contributed by atoms with Gasteiger partial charge in [0.05, 0.1) is 11.9 Å². The van der Waals surface area contributed by atoms with E-state index in [1.165, 1.54) is 0 Å². The molecule has 26 heavy (non-hydrogen) atoms. The van der Waals surface area contributed by atoms with Crippen molar-refractivity contribution < 1.29 is 4.79 Å². The monoisotopic (exact) mass is 340 g/mol. The topological polar surface area (TPSA) is 59.8 Å². The predicted octanol–water partition coefficient (Wildman–Crippen LogP) is 4.19. The van der Waals surface area contributed by atoms with Crippen LogP contribution in [0.1, 0.15) is 10.4 Å². The molecule has 0 saturated heterocycles. The molecule has 0 saturated carbocycles. The third-order valence-electron chi connectivity index (χ3n) is 4.03. The van der Waals surface area contributed by atoms with E-state index in [0.29, 0.717) is 11.3 Å². The average molecular weight is 340 g/mol. The molecule has 0 spiro atoms. The lowest BCUT2D eigenvalue weighted by atomic mass is 10.0. The molecule has 5 heteroatoms. The summed E-state index contributed by atoms with van der Waals surface area (Å²) in [5.74, 6) is 0.578. The van der Waals surface area contributed by atoms with Gasteiger partial charge in [0.2, 0.25) is 0 Å². The SMILES string of the molecule is O=C(Nc1ccc(-n2ccnc2)nc1)c1ccc(-c2ccccc2)cc1. The molecule has 1 amide bonds. The van der Waals surface area contributed by atoms with Crippen LogP contribution in [0.4, 0.5) is 5.69 Å². The number of anilines is 1. The molecule has 0 unspecified atom stereocenters. The van der Waals surface area contributed by atoms with Crippen LogP contribution in [0.15, 0.2) is 91.6 Å². The summed E-state index contributed by atoms with van der Waals surface area (Å²) in [6.45, 7) is 0. The third kappa shape index (κ3) is 3.37. The fraction of sp³-hybridized carbons (Fsp3) is 0. The van der Waals surface area contributed by atoms with E-state index in [-0.39, 0.29) is 5.91 Å². The number of nitrogens with zero attached hydrogens (tertiary/aromatic N) is 3. The first-order valence-corrected chi connectivity index (χ1v) is 8.21. The van der Waals surface area contributed by atoms with E-state index < -0.39 is 0 Å². The van der Waals surface area contributed by atoms with Crippen molar-refractivity contribution in [1.82, 2.24) is 14.5 Å². The number of hydrogen-bond donors (Lipinski definition) is 1. The highest BCUT2D eigenvalue weighted by Crippen LogP contribution is 2.20. The lowest BCUT2D eigenvalue weighted by Gasteiger charge is -2.07. The summed E-state index contributed by atoms with van der Waals surface area (Å²) in [7, 11) is 0. The Balaban J connectivity index is 1.46. The Bertz CT molecular complexity index is 992. The molecule has 0 aliphatic heterocycles. The third-order valence-corrected chi connectivity index (χ3v) is 4.03. The summed E-state index contributed by atoms with van der Waals surface area (Å²) < 4.78 is 1.80. The Morgan fingerprint density at radius 1 is 0.885 bits per heavy atom. The normalized spacial score (nSPS) is 10.5. The van der Waals surface area contributed by atoms with Gasteiger partial charge in [-0.05, 0) is 35.4 Å². The second kappa shape index (κ2) is 7.03. The molecule has 2 heterocycles. The van der Waals surface area contributed by atoms with Gasteiger partial charge in [0.15, 0.2) is 0 Å². The zero-order valence-corrected chi connectivity index (χ0v) is 13.9. The largest absolute Gasteiger partial charge is 0.321 e. The van der Waals surface area contributed by atoms with Crippen molar-refractivity contribution in [2.45, 2.75) is 0 Å². The van der Waals surface area contributed by atoms with E-state index in [9.17, 15) is 4.79 Å². The van der Waals surface area contributed by atoms with Crippen LogP contribution in [0.5, 0.6) is 0 Å². The Hall–Kier alpha value is -3.73. The van der Waals surface area contributed by atoms with Crippen LogP contribution >= 0.6 is 0 Å². The molecule has 4 rings (SSSR count). The number of hydrogen-bond acceptors (Lipinski definition) is 3. The smallest absolute Gasteiger partial charge is 0.255 e. The summed E-state index contributed by atoms with van der Waals surface area (Å²) in [5, 5.41) is 2.86. The number of amides is 1. The van der Waals surface area contributed by atoms with Crippen molar-refractivity contribution in [1.29, 1.82) is 0 Å². The molecule has 2 aromatic carbocycles. The van der Waals surface area contributed by atoms with E-state index in [0.717, 1.165) is 16.9 Å². The minimum absolute atomic E-state index is 0.165. The Labute approximate surface area is 151 Å². The summed E-state index contributed by atoms with van der Waals surface area (Å²) in [4.78, 5) is 20.7. The number of pyridine rings is 1. The van der Waals surface area contributed by atoms with Crippen molar-refractivity contribution in [3.8, 4) is 16.9 Å². The molecule has 0 atom stereocenters. The van der Waals surface area contributed by atoms with Gasteiger partial charge in [-0.25, -0.2) is 9.97 Å². The highest BCUT2D eigenvalue weighted by molar-refractivity contribution is 6.04. The first-order valence-electron chi connectivity index (χ1n) is 8.21. The summed E-state index contributed by atoms with van der Waals surface area (Å²) >= 11 is 0. The van der Waals surface area contributed by atoms with Crippen LogP contribution in [0, 0.1) is 0 Å². The van der Waals surface area contributed by atoms with Crippen LogP contribution in [-0.2, 0) is 0 Å². The molecular weight excluding hydrogens is 324 g/mol. The zero-order valence-electron chi connectivity index (χ0n) is 13.9. The van der Waals surface area contributed by atoms with Crippen molar-refractivity contribution in [3.05, 3.63) is 97.2 Å². The summed E-state index contributed by atoms with van der Waals surface area (Å²) in [5.41, 5.74) is 3.45. The number of imidazole rings is 1. The van der Waals surface area contributed by atoms with Gasteiger partial charge in [-0.15, -0.1) is 0 Å². The van der Waals surface area contributed by atoms with Crippen LogP contribution in [0.2, 0.25) is 0 Å². The van der Waals surface area contributed by atoms with Crippen molar-refractivity contribution >= 4 is 11.6 Å². The van der Waals surface area contributed by atoms with Crippen molar-refractivity contribution in [2.75, 3.05) is 5.32 Å². The minimum Gasteiger partial charge on any atom is -0.321 e. The first kappa shape index (κ1) is 15.8. The standard InChI is InChI=1S/C21H16N4O/c26-21(18-8-6-17(7-9-18)16-4-2-1-3-5-16)24-19-10-11-20(23-14-19)25-13-12-22-15-25/h1-15H,(H,24,26). The number of aromatic nitrogens is 3. The fourth-order valence-corrected chi connectivity index (χ4v) is 2.66. The molecule has 0 bridgehead atoms. The van der Waals surface area contributed by atoms with Crippen LogP contribution in [0.25, 0.3) is 16.9 Å². The van der Waals surface area contributed by atoms with Gasteiger partial charge in [-0.1, -0.05) is 42.5 Å². The van der Waals surface area contributed by atoms with Gasteiger partial charge < -0.3 is 5.32 Å². The predicted molar refractivity (Wildman–Crippen MR) is 101 cm³/mol. The van der Waals surface area contributed by atoms with Crippen molar-refractivity contribution in [3.63, 3.8) is 0 Å². The Morgan fingerprint density at radius 2 is 1.65 bits per heavy atom. The van der Waals surface area contributed by atoms with Gasteiger partial charge in [0.25, 0.3) is 5.91 Å². The molecule has 2 aromatic heterocycles. The van der Waals surface area contributed by atoms with Crippen molar-refractivity contribution in [2.24, 2.45) is 0 Å².